The van der Waals surface area contributed by atoms with Crippen LogP contribution in [0.4, 0.5) is 5.69 Å². The van der Waals surface area contributed by atoms with Crippen LogP contribution in [0.5, 0.6) is 0 Å². The summed E-state index contributed by atoms with van der Waals surface area (Å²) in [6.07, 6.45) is 5.68. The number of aryl methyl sites for hydroxylation is 1. The van der Waals surface area contributed by atoms with E-state index in [9.17, 15) is 0 Å². The van der Waals surface area contributed by atoms with Crippen LogP contribution in [0, 0.1) is 6.92 Å². The third kappa shape index (κ3) is 3.25. The zero-order chi connectivity index (χ0) is 20.5. The fourth-order valence-electron chi connectivity index (χ4n) is 3.98. The molecule has 1 N–H and O–H groups in total. The predicted octanol–water partition coefficient (Wildman–Crippen LogP) is 4.75. The molecule has 5 nitrogen and oxygen atoms in total. The molecule has 0 spiro atoms. The van der Waals surface area contributed by atoms with Crippen molar-refractivity contribution in [3.63, 3.8) is 0 Å². The van der Waals surface area contributed by atoms with E-state index < -0.39 is 0 Å². The Kier molecular flexibility index (Phi) is 4.77. The second-order valence-corrected chi connectivity index (χ2v) is 7.71. The molecule has 1 saturated heterocycles. The van der Waals surface area contributed by atoms with Crippen LogP contribution >= 0.6 is 12.2 Å². The SMILES string of the molecule is Cc1ccc(N2C(=S)NC(c3ccccn3)C2c2cccn2-c2ccccn2)cc1. The van der Waals surface area contributed by atoms with Gasteiger partial charge in [-0.05, 0) is 67.7 Å². The molecular formula is C24H21N5S. The van der Waals surface area contributed by atoms with Crippen molar-refractivity contribution in [2.24, 2.45) is 0 Å². The van der Waals surface area contributed by atoms with E-state index in [1.165, 1.54) is 5.56 Å². The third-order valence-electron chi connectivity index (χ3n) is 5.39. The number of nitrogens with zero attached hydrogens (tertiary/aromatic N) is 4. The Balaban J connectivity index is 1.67. The van der Waals surface area contributed by atoms with Crippen LogP contribution in [-0.4, -0.2) is 19.6 Å². The maximum Gasteiger partial charge on any atom is 0.174 e. The molecule has 2 unspecified atom stereocenters. The molecule has 5 rings (SSSR count). The van der Waals surface area contributed by atoms with E-state index in [1.807, 2.05) is 61.1 Å². The highest BCUT2D eigenvalue weighted by Gasteiger charge is 2.42. The Hall–Kier alpha value is -3.51. The summed E-state index contributed by atoms with van der Waals surface area (Å²) in [5, 5.41) is 4.20. The zero-order valence-corrected chi connectivity index (χ0v) is 17.3. The molecule has 0 amide bonds. The van der Waals surface area contributed by atoms with E-state index in [0.717, 1.165) is 22.9 Å². The van der Waals surface area contributed by atoms with Crippen molar-refractivity contribution in [1.29, 1.82) is 0 Å². The molecular weight excluding hydrogens is 390 g/mol. The smallest absolute Gasteiger partial charge is 0.174 e. The quantitative estimate of drug-likeness (QED) is 0.491. The number of pyridine rings is 2. The van der Waals surface area contributed by atoms with Gasteiger partial charge >= 0.3 is 0 Å². The minimum atomic E-state index is -0.0858. The topological polar surface area (TPSA) is 46.0 Å². The highest BCUT2D eigenvalue weighted by Crippen LogP contribution is 2.42. The largest absolute Gasteiger partial charge is 0.351 e. The van der Waals surface area contributed by atoms with Gasteiger partial charge < -0.3 is 14.8 Å². The predicted molar refractivity (Wildman–Crippen MR) is 123 cm³/mol. The van der Waals surface area contributed by atoms with Gasteiger partial charge in [-0.1, -0.05) is 29.8 Å². The van der Waals surface area contributed by atoms with Crippen molar-refractivity contribution in [3.05, 3.63) is 108 Å². The summed E-state index contributed by atoms with van der Waals surface area (Å²) in [6.45, 7) is 2.09. The van der Waals surface area contributed by atoms with Gasteiger partial charge in [-0.25, -0.2) is 4.98 Å². The molecule has 1 aliphatic rings. The Morgan fingerprint density at radius 2 is 1.63 bits per heavy atom. The molecule has 0 radical (unpaired) electrons. The van der Waals surface area contributed by atoms with Crippen molar-refractivity contribution in [2.45, 2.75) is 19.0 Å². The summed E-state index contributed by atoms with van der Waals surface area (Å²) in [4.78, 5) is 11.4. The van der Waals surface area contributed by atoms with Crippen molar-refractivity contribution in [1.82, 2.24) is 19.9 Å². The van der Waals surface area contributed by atoms with Crippen molar-refractivity contribution >= 4 is 23.0 Å². The number of anilines is 1. The first-order valence-electron chi connectivity index (χ1n) is 9.88. The first kappa shape index (κ1) is 18.5. The van der Waals surface area contributed by atoms with Gasteiger partial charge in [0, 0.05) is 30.0 Å². The molecule has 1 aliphatic heterocycles. The van der Waals surface area contributed by atoms with Crippen LogP contribution in [0.15, 0.2) is 91.4 Å². The first-order valence-corrected chi connectivity index (χ1v) is 10.3. The summed E-state index contributed by atoms with van der Waals surface area (Å²) in [5.74, 6) is 0.874. The number of aromatic nitrogens is 3. The second kappa shape index (κ2) is 7.72. The van der Waals surface area contributed by atoms with Crippen LogP contribution in [0.25, 0.3) is 5.82 Å². The lowest BCUT2D eigenvalue weighted by Gasteiger charge is -2.28. The fraction of sp³-hybridized carbons (Fsp3) is 0.125. The van der Waals surface area contributed by atoms with Gasteiger partial charge in [0.25, 0.3) is 0 Å². The summed E-state index contributed by atoms with van der Waals surface area (Å²) >= 11 is 5.81. The summed E-state index contributed by atoms with van der Waals surface area (Å²) < 4.78 is 2.12. The maximum absolute atomic E-state index is 5.81. The molecule has 0 saturated carbocycles. The molecule has 4 aromatic rings. The van der Waals surface area contributed by atoms with E-state index in [-0.39, 0.29) is 12.1 Å². The lowest BCUT2D eigenvalue weighted by atomic mass is 10.0. The Morgan fingerprint density at radius 3 is 2.33 bits per heavy atom. The van der Waals surface area contributed by atoms with E-state index in [4.69, 9.17) is 12.2 Å². The van der Waals surface area contributed by atoms with Gasteiger partial charge in [0.05, 0.1) is 11.7 Å². The standard InChI is InChI=1S/C24H21N5S/c1-17-10-12-18(13-11-17)29-23(22(27-24(29)30)19-7-2-4-14-25-19)20-8-6-16-28(20)21-9-3-5-15-26-21/h2-16,22-23H,1H3,(H,27,30). The van der Waals surface area contributed by atoms with Crippen LogP contribution in [0.3, 0.4) is 0 Å². The van der Waals surface area contributed by atoms with Crippen LogP contribution in [-0.2, 0) is 0 Å². The highest BCUT2D eigenvalue weighted by molar-refractivity contribution is 7.80. The minimum Gasteiger partial charge on any atom is -0.351 e. The lowest BCUT2D eigenvalue weighted by molar-refractivity contribution is 0.548. The summed E-state index contributed by atoms with van der Waals surface area (Å²) in [6, 6.07) is 24.4. The van der Waals surface area contributed by atoms with Crippen molar-refractivity contribution in [2.75, 3.05) is 4.90 Å². The van der Waals surface area contributed by atoms with Crippen LogP contribution in [0.2, 0.25) is 0 Å². The van der Waals surface area contributed by atoms with Gasteiger partial charge in [0.1, 0.15) is 11.9 Å². The van der Waals surface area contributed by atoms with Crippen molar-refractivity contribution < 1.29 is 0 Å². The maximum atomic E-state index is 5.81. The molecule has 0 aliphatic carbocycles. The summed E-state index contributed by atoms with van der Waals surface area (Å²) in [5.41, 5.74) is 4.31. The van der Waals surface area contributed by atoms with Gasteiger partial charge in [0.2, 0.25) is 0 Å². The van der Waals surface area contributed by atoms with Gasteiger partial charge in [-0.2, -0.15) is 0 Å². The molecule has 1 aromatic carbocycles. The number of rotatable bonds is 4. The Labute approximate surface area is 181 Å². The normalized spacial score (nSPS) is 18.4. The molecule has 2 atom stereocenters. The first-order chi connectivity index (χ1) is 14.7. The van der Waals surface area contributed by atoms with E-state index in [2.05, 4.69) is 62.0 Å². The number of thiocarbonyl (C=S) groups is 1. The summed E-state index contributed by atoms with van der Waals surface area (Å²) in [7, 11) is 0. The van der Waals surface area contributed by atoms with Gasteiger partial charge in [-0.15, -0.1) is 0 Å². The lowest BCUT2D eigenvalue weighted by Crippen LogP contribution is -2.30. The fourth-order valence-corrected chi connectivity index (χ4v) is 4.32. The van der Waals surface area contributed by atoms with E-state index in [1.54, 1.807) is 0 Å². The number of nitrogens with one attached hydrogen (secondary N) is 1. The number of hydrogen-bond acceptors (Lipinski definition) is 3. The number of hydrogen-bond donors (Lipinski definition) is 1. The van der Waals surface area contributed by atoms with E-state index in [0.29, 0.717) is 5.11 Å². The van der Waals surface area contributed by atoms with Crippen LogP contribution < -0.4 is 10.2 Å². The van der Waals surface area contributed by atoms with Gasteiger partial charge in [-0.3, -0.25) is 4.98 Å². The molecule has 3 aromatic heterocycles. The van der Waals surface area contributed by atoms with Crippen LogP contribution in [0.1, 0.15) is 29.0 Å². The average Bonchev–Trinajstić information content (AvgIpc) is 3.40. The van der Waals surface area contributed by atoms with Crippen molar-refractivity contribution in [3.8, 4) is 5.82 Å². The molecule has 30 heavy (non-hydrogen) atoms. The monoisotopic (exact) mass is 411 g/mol. The van der Waals surface area contributed by atoms with Gasteiger partial charge in [0.15, 0.2) is 5.11 Å². The minimum absolute atomic E-state index is 0.0767. The van der Waals surface area contributed by atoms with E-state index >= 15 is 0 Å². The molecule has 4 heterocycles. The second-order valence-electron chi connectivity index (χ2n) is 7.32. The molecule has 0 bridgehead atoms. The Bertz CT molecular complexity index is 1160. The zero-order valence-electron chi connectivity index (χ0n) is 16.5. The molecule has 6 heteroatoms. The average molecular weight is 412 g/mol. The molecule has 1 fully saturated rings. The number of benzene rings is 1. The Morgan fingerprint density at radius 1 is 0.867 bits per heavy atom. The third-order valence-corrected chi connectivity index (χ3v) is 5.70. The molecule has 148 valence electrons. The highest BCUT2D eigenvalue weighted by atomic mass is 32.1.